The van der Waals surface area contributed by atoms with Crippen molar-refractivity contribution in [3.8, 4) is 5.75 Å². The third-order valence-electron chi connectivity index (χ3n) is 3.18. The standard InChI is InChI=1S/C14H18ClNO2/c1-2-18-11-5-6-12(13(15)8-11)14(17)10-4-3-7-16-9-10/h5-6,8,10,16H,2-4,7,9H2,1H3. The molecule has 4 heteroatoms. The largest absolute Gasteiger partial charge is 0.494 e. The SMILES string of the molecule is CCOc1ccc(C(=O)C2CCCNC2)c(Cl)c1. The van der Waals surface area contributed by atoms with Crippen LogP contribution < -0.4 is 10.1 Å². The van der Waals surface area contributed by atoms with E-state index in [4.69, 9.17) is 16.3 Å². The quantitative estimate of drug-likeness (QED) is 0.853. The fraction of sp³-hybridized carbons (Fsp3) is 0.500. The number of ether oxygens (including phenoxy) is 1. The normalized spacial score (nSPS) is 19.6. The Kier molecular flexibility index (Phi) is 4.61. The molecule has 1 aliphatic heterocycles. The first kappa shape index (κ1) is 13.4. The highest BCUT2D eigenvalue weighted by molar-refractivity contribution is 6.34. The van der Waals surface area contributed by atoms with Gasteiger partial charge in [0.05, 0.1) is 11.6 Å². The number of carbonyl (C=O) groups excluding carboxylic acids is 1. The highest BCUT2D eigenvalue weighted by Crippen LogP contribution is 2.26. The van der Waals surface area contributed by atoms with Crippen molar-refractivity contribution in [1.82, 2.24) is 5.32 Å². The molecule has 0 spiro atoms. The van der Waals surface area contributed by atoms with Crippen LogP contribution in [0, 0.1) is 5.92 Å². The highest BCUT2D eigenvalue weighted by atomic mass is 35.5. The summed E-state index contributed by atoms with van der Waals surface area (Å²) in [5, 5.41) is 3.73. The van der Waals surface area contributed by atoms with Crippen LogP contribution in [0.3, 0.4) is 0 Å². The molecule has 0 saturated carbocycles. The average Bonchev–Trinajstić information content (AvgIpc) is 2.40. The van der Waals surface area contributed by atoms with Gasteiger partial charge in [-0.3, -0.25) is 4.79 Å². The van der Waals surface area contributed by atoms with Crippen LogP contribution in [0.1, 0.15) is 30.1 Å². The number of piperidine rings is 1. The second-order valence-electron chi connectivity index (χ2n) is 4.48. The maximum Gasteiger partial charge on any atom is 0.168 e. The molecule has 0 aliphatic carbocycles. The van der Waals surface area contributed by atoms with Crippen molar-refractivity contribution in [2.75, 3.05) is 19.7 Å². The van der Waals surface area contributed by atoms with Gasteiger partial charge in [0, 0.05) is 18.0 Å². The molecule has 98 valence electrons. The lowest BCUT2D eigenvalue weighted by molar-refractivity contribution is 0.0900. The topological polar surface area (TPSA) is 38.3 Å². The van der Waals surface area contributed by atoms with Gasteiger partial charge in [0.2, 0.25) is 0 Å². The fourth-order valence-electron chi connectivity index (χ4n) is 2.25. The molecule has 1 aromatic carbocycles. The summed E-state index contributed by atoms with van der Waals surface area (Å²) in [5.74, 6) is 0.894. The Hall–Kier alpha value is -1.06. The lowest BCUT2D eigenvalue weighted by Gasteiger charge is -2.22. The second kappa shape index (κ2) is 6.21. The Balaban J connectivity index is 2.14. The Morgan fingerprint density at radius 3 is 3.00 bits per heavy atom. The van der Waals surface area contributed by atoms with Crippen LogP contribution >= 0.6 is 11.6 Å². The smallest absolute Gasteiger partial charge is 0.168 e. The summed E-state index contributed by atoms with van der Waals surface area (Å²) in [6, 6.07) is 5.29. The zero-order chi connectivity index (χ0) is 13.0. The summed E-state index contributed by atoms with van der Waals surface area (Å²) in [6.07, 6.45) is 1.99. The number of nitrogens with one attached hydrogen (secondary N) is 1. The van der Waals surface area contributed by atoms with Gasteiger partial charge < -0.3 is 10.1 Å². The third kappa shape index (κ3) is 3.03. The van der Waals surface area contributed by atoms with Crippen LogP contribution in [0.25, 0.3) is 0 Å². The van der Waals surface area contributed by atoms with E-state index in [0.29, 0.717) is 22.9 Å². The molecule has 1 aromatic rings. The third-order valence-corrected chi connectivity index (χ3v) is 3.50. The van der Waals surface area contributed by atoms with E-state index in [-0.39, 0.29) is 11.7 Å². The minimum absolute atomic E-state index is 0.0502. The van der Waals surface area contributed by atoms with Crippen LogP contribution in [0.5, 0.6) is 5.75 Å². The number of carbonyl (C=O) groups is 1. The fourth-order valence-corrected chi connectivity index (χ4v) is 2.51. The van der Waals surface area contributed by atoms with Gasteiger partial charge in [-0.1, -0.05) is 11.6 Å². The summed E-state index contributed by atoms with van der Waals surface area (Å²) in [7, 11) is 0. The monoisotopic (exact) mass is 267 g/mol. The Labute approximate surface area is 112 Å². The number of hydrogen-bond donors (Lipinski definition) is 1. The molecule has 0 amide bonds. The van der Waals surface area contributed by atoms with Crippen LogP contribution in [-0.2, 0) is 0 Å². The number of rotatable bonds is 4. The molecular weight excluding hydrogens is 250 g/mol. The van der Waals surface area contributed by atoms with Gasteiger partial charge in [-0.05, 0) is 44.5 Å². The van der Waals surface area contributed by atoms with E-state index >= 15 is 0 Å². The molecule has 1 heterocycles. The summed E-state index contributed by atoms with van der Waals surface area (Å²) >= 11 is 6.16. The van der Waals surface area contributed by atoms with Crippen LogP contribution in [0.15, 0.2) is 18.2 Å². The van der Waals surface area contributed by atoms with Crippen molar-refractivity contribution >= 4 is 17.4 Å². The lowest BCUT2D eigenvalue weighted by Crippen LogP contribution is -2.34. The molecule has 1 aliphatic rings. The predicted molar refractivity (Wildman–Crippen MR) is 72.5 cm³/mol. The van der Waals surface area contributed by atoms with Crippen molar-refractivity contribution in [2.24, 2.45) is 5.92 Å². The molecular formula is C14H18ClNO2. The summed E-state index contributed by atoms with van der Waals surface area (Å²) < 4.78 is 5.36. The highest BCUT2D eigenvalue weighted by Gasteiger charge is 2.23. The van der Waals surface area contributed by atoms with Crippen molar-refractivity contribution in [3.05, 3.63) is 28.8 Å². The van der Waals surface area contributed by atoms with E-state index in [1.807, 2.05) is 6.92 Å². The molecule has 3 nitrogen and oxygen atoms in total. The van der Waals surface area contributed by atoms with Crippen LogP contribution in [0.4, 0.5) is 0 Å². The Morgan fingerprint density at radius 2 is 2.39 bits per heavy atom. The molecule has 1 N–H and O–H groups in total. The molecule has 1 atom stereocenters. The number of ketones is 1. The zero-order valence-corrected chi connectivity index (χ0v) is 11.3. The van der Waals surface area contributed by atoms with Gasteiger partial charge in [-0.15, -0.1) is 0 Å². The van der Waals surface area contributed by atoms with Gasteiger partial charge in [0.15, 0.2) is 5.78 Å². The summed E-state index contributed by atoms with van der Waals surface area (Å²) in [5.41, 5.74) is 0.605. The summed E-state index contributed by atoms with van der Waals surface area (Å²) in [6.45, 7) is 4.26. The number of halogens is 1. The maximum absolute atomic E-state index is 12.3. The number of benzene rings is 1. The van der Waals surface area contributed by atoms with Gasteiger partial charge in [0.25, 0.3) is 0 Å². The van der Waals surface area contributed by atoms with E-state index in [9.17, 15) is 4.79 Å². The van der Waals surface area contributed by atoms with E-state index in [2.05, 4.69) is 5.32 Å². The molecule has 0 bridgehead atoms. The second-order valence-corrected chi connectivity index (χ2v) is 4.89. The Bertz CT molecular complexity index is 428. The van der Waals surface area contributed by atoms with Crippen LogP contribution in [0.2, 0.25) is 5.02 Å². The van der Waals surface area contributed by atoms with Gasteiger partial charge in [-0.2, -0.15) is 0 Å². The van der Waals surface area contributed by atoms with Gasteiger partial charge in [-0.25, -0.2) is 0 Å². The Morgan fingerprint density at radius 1 is 1.56 bits per heavy atom. The van der Waals surface area contributed by atoms with Crippen molar-refractivity contribution in [1.29, 1.82) is 0 Å². The van der Waals surface area contributed by atoms with Crippen molar-refractivity contribution in [3.63, 3.8) is 0 Å². The minimum atomic E-state index is 0.0502. The molecule has 1 unspecified atom stereocenters. The molecule has 1 saturated heterocycles. The molecule has 2 rings (SSSR count). The van der Waals surface area contributed by atoms with E-state index in [1.165, 1.54) is 0 Å². The lowest BCUT2D eigenvalue weighted by atomic mass is 9.91. The van der Waals surface area contributed by atoms with Gasteiger partial charge in [0.1, 0.15) is 5.75 Å². The van der Waals surface area contributed by atoms with Crippen molar-refractivity contribution in [2.45, 2.75) is 19.8 Å². The predicted octanol–water partition coefficient (Wildman–Crippen LogP) is 2.92. The zero-order valence-electron chi connectivity index (χ0n) is 10.5. The van der Waals surface area contributed by atoms with Crippen molar-refractivity contribution < 1.29 is 9.53 Å². The first-order chi connectivity index (χ1) is 8.72. The number of hydrogen-bond acceptors (Lipinski definition) is 3. The molecule has 0 aromatic heterocycles. The minimum Gasteiger partial charge on any atom is -0.494 e. The first-order valence-corrected chi connectivity index (χ1v) is 6.77. The van der Waals surface area contributed by atoms with E-state index in [0.717, 1.165) is 25.9 Å². The average molecular weight is 268 g/mol. The van der Waals surface area contributed by atoms with E-state index in [1.54, 1.807) is 18.2 Å². The maximum atomic E-state index is 12.3. The summed E-state index contributed by atoms with van der Waals surface area (Å²) in [4.78, 5) is 12.3. The molecule has 0 radical (unpaired) electrons. The van der Waals surface area contributed by atoms with E-state index < -0.39 is 0 Å². The first-order valence-electron chi connectivity index (χ1n) is 6.39. The van der Waals surface area contributed by atoms with Gasteiger partial charge >= 0.3 is 0 Å². The number of Topliss-reactive ketones (excluding diaryl/α,β-unsaturated/α-hetero) is 1. The van der Waals surface area contributed by atoms with Crippen LogP contribution in [-0.4, -0.2) is 25.5 Å². The molecule has 18 heavy (non-hydrogen) atoms. The molecule has 1 fully saturated rings.